The van der Waals surface area contributed by atoms with E-state index in [1.807, 2.05) is 13.8 Å². The van der Waals surface area contributed by atoms with Crippen LogP contribution in [0.5, 0.6) is 0 Å². The van der Waals surface area contributed by atoms with E-state index < -0.39 is 0 Å². The molecule has 1 aromatic heterocycles. The molecular weight excluding hydrogens is 342 g/mol. The van der Waals surface area contributed by atoms with Gasteiger partial charge in [0.05, 0.1) is 12.2 Å². The molecule has 142 valence electrons. The number of aromatic nitrogens is 1. The van der Waals surface area contributed by atoms with Crippen LogP contribution in [0, 0.1) is 12.3 Å². The second kappa shape index (κ2) is 10.0. The number of anilines is 1. The van der Waals surface area contributed by atoms with Crippen molar-refractivity contribution in [3.8, 4) is 12.3 Å². The van der Waals surface area contributed by atoms with Crippen LogP contribution in [0.25, 0.3) is 0 Å². The molecule has 0 unspecified atom stereocenters. The highest BCUT2D eigenvalue weighted by molar-refractivity contribution is 5.95. The molecule has 0 saturated heterocycles. The molecule has 1 aromatic carbocycles. The van der Waals surface area contributed by atoms with E-state index in [0.717, 1.165) is 29.9 Å². The van der Waals surface area contributed by atoms with Crippen LogP contribution in [0.1, 0.15) is 36.4 Å². The van der Waals surface area contributed by atoms with Crippen molar-refractivity contribution in [2.24, 2.45) is 4.99 Å². The maximum atomic E-state index is 12.1. The summed E-state index contributed by atoms with van der Waals surface area (Å²) in [5.74, 6) is 3.73. The lowest BCUT2D eigenvalue weighted by atomic mass is 10.1. The Hall–Kier alpha value is -3.27. The number of benzene rings is 1. The molecule has 0 saturated carbocycles. The lowest BCUT2D eigenvalue weighted by Crippen LogP contribution is -2.41. The molecule has 0 atom stereocenters. The maximum Gasteiger partial charge on any atom is 0.243 e. The largest absolute Gasteiger partial charge is 0.361 e. The van der Waals surface area contributed by atoms with Gasteiger partial charge in [-0.25, -0.2) is 0 Å². The van der Waals surface area contributed by atoms with Crippen molar-refractivity contribution in [2.75, 3.05) is 18.9 Å². The van der Waals surface area contributed by atoms with Crippen LogP contribution in [-0.2, 0) is 24.2 Å². The number of carbonyl (C=O) groups is 1. The predicted molar refractivity (Wildman–Crippen MR) is 106 cm³/mol. The lowest BCUT2D eigenvalue weighted by Gasteiger charge is -2.12. The third kappa shape index (κ3) is 5.61. The van der Waals surface area contributed by atoms with Gasteiger partial charge in [-0.05, 0) is 24.6 Å². The van der Waals surface area contributed by atoms with Crippen molar-refractivity contribution in [2.45, 2.75) is 33.2 Å². The number of hydrogen-bond donors (Lipinski definition) is 3. The lowest BCUT2D eigenvalue weighted by molar-refractivity contribution is -0.115. The van der Waals surface area contributed by atoms with E-state index in [0.29, 0.717) is 23.8 Å². The Morgan fingerprint density at radius 1 is 1.30 bits per heavy atom. The van der Waals surface area contributed by atoms with Gasteiger partial charge in [0, 0.05) is 36.8 Å². The monoisotopic (exact) mass is 367 g/mol. The molecule has 2 rings (SSSR count). The SMILES string of the molecule is C#Cc1cccc(NC(=O)CNC(=NC)NCc2c(CC)noc2CC)c1. The first-order valence-electron chi connectivity index (χ1n) is 8.88. The average molecular weight is 367 g/mol. The first-order valence-corrected chi connectivity index (χ1v) is 8.88. The zero-order valence-electron chi connectivity index (χ0n) is 15.9. The molecule has 7 heteroatoms. The topological polar surface area (TPSA) is 91.5 Å². The quantitative estimate of drug-likeness (QED) is 0.396. The van der Waals surface area contributed by atoms with Crippen LogP contribution in [0.15, 0.2) is 33.8 Å². The fraction of sp³-hybridized carbons (Fsp3) is 0.350. The van der Waals surface area contributed by atoms with Gasteiger partial charge in [0.2, 0.25) is 5.91 Å². The summed E-state index contributed by atoms with van der Waals surface area (Å²) in [6, 6.07) is 7.14. The first-order chi connectivity index (χ1) is 13.1. The maximum absolute atomic E-state index is 12.1. The van der Waals surface area contributed by atoms with E-state index >= 15 is 0 Å². The van der Waals surface area contributed by atoms with E-state index in [-0.39, 0.29) is 12.5 Å². The van der Waals surface area contributed by atoms with Crippen LogP contribution in [-0.4, -0.2) is 30.6 Å². The molecule has 1 amide bonds. The zero-order chi connectivity index (χ0) is 19.6. The zero-order valence-corrected chi connectivity index (χ0v) is 15.9. The van der Waals surface area contributed by atoms with Crippen LogP contribution < -0.4 is 16.0 Å². The second-order valence-corrected chi connectivity index (χ2v) is 5.79. The number of hydrogen-bond acceptors (Lipinski definition) is 4. The number of aryl methyl sites for hydroxylation is 2. The molecule has 0 aliphatic heterocycles. The third-order valence-corrected chi connectivity index (χ3v) is 3.99. The molecule has 0 radical (unpaired) electrons. The minimum atomic E-state index is -0.194. The van der Waals surface area contributed by atoms with Crippen LogP contribution in [0.4, 0.5) is 5.69 Å². The van der Waals surface area contributed by atoms with Crippen LogP contribution in [0.2, 0.25) is 0 Å². The van der Waals surface area contributed by atoms with Gasteiger partial charge < -0.3 is 20.5 Å². The first kappa shape index (κ1) is 20.0. The van der Waals surface area contributed by atoms with Gasteiger partial charge in [-0.1, -0.05) is 31.0 Å². The predicted octanol–water partition coefficient (Wildman–Crippen LogP) is 2.08. The Kier molecular flexibility index (Phi) is 7.44. The highest BCUT2D eigenvalue weighted by Gasteiger charge is 2.14. The Labute approximate surface area is 159 Å². The summed E-state index contributed by atoms with van der Waals surface area (Å²) in [6.45, 7) is 4.66. The minimum Gasteiger partial charge on any atom is -0.361 e. The van der Waals surface area contributed by atoms with Gasteiger partial charge in [-0.15, -0.1) is 6.42 Å². The smallest absolute Gasteiger partial charge is 0.243 e. The number of nitrogens with one attached hydrogen (secondary N) is 3. The Morgan fingerprint density at radius 2 is 2.11 bits per heavy atom. The summed E-state index contributed by atoms with van der Waals surface area (Å²) in [6.07, 6.45) is 6.94. The third-order valence-electron chi connectivity index (χ3n) is 3.99. The van der Waals surface area contributed by atoms with Crippen molar-refractivity contribution in [1.29, 1.82) is 0 Å². The van der Waals surface area contributed by atoms with Gasteiger partial charge in [-0.3, -0.25) is 9.79 Å². The number of nitrogens with zero attached hydrogens (tertiary/aromatic N) is 2. The highest BCUT2D eigenvalue weighted by atomic mass is 16.5. The Morgan fingerprint density at radius 3 is 2.78 bits per heavy atom. The number of terminal acetylenes is 1. The van der Waals surface area contributed by atoms with E-state index in [9.17, 15) is 4.79 Å². The minimum absolute atomic E-state index is 0.0743. The molecule has 7 nitrogen and oxygen atoms in total. The summed E-state index contributed by atoms with van der Waals surface area (Å²) in [4.78, 5) is 16.3. The number of guanidine groups is 1. The molecule has 0 fully saturated rings. The summed E-state index contributed by atoms with van der Waals surface area (Å²) >= 11 is 0. The number of amides is 1. The van der Waals surface area contributed by atoms with Gasteiger partial charge in [0.1, 0.15) is 5.76 Å². The van der Waals surface area contributed by atoms with Crippen LogP contribution in [0.3, 0.4) is 0 Å². The van der Waals surface area contributed by atoms with Gasteiger partial charge >= 0.3 is 0 Å². The number of carbonyl (C=O) groups excluding carboxylic acids is 1. The average Bonchev–Trinajstić information content (AvgIpc) is 3.10. The summed E-state index contributed by atoms with van der Waals surface area (Å²) in [5, 5.41) is 13.1. The molecule has 2 aromatic rings. The number of rotatable bonds is 7. The van der Waals surface area contributed by atoms with E-state index in [2.05, 4.69) is 32.0 Å². The molecule has 3 N–H and O–H groups in total. The van der Waals surface area contributed by atoms with E-state index in [1.165, 1.54) is 0 Å². The summed E-state index contributed by atoms with van der Waals surface area (Å²) < 4.78 is 5.36. The standard InChI is InChI=1S/C20H25N5O2/c1-5-14-9-8-10-15(11-14)24-19(26)13-23-20(21-4)22-12-16-17(6-2)25-27-18(16)7-3/h1,8-11H,6-7,12-13H2,2-4H3,(H,24,26)(H2,21,22,23). The number of aliphatic imine (C=N–C) groups is 1. The van der Waals surface area contributed by atoms with E-state index in [1.54, 1.807) is 31.3 Å². The summed E-state index contributed by atoms with van der Waals surface area (Å²) in [7, 11) is 1.65. The fourth-order valence-corrected chi connectivity index (χ4v) is 2.59. The van der Waals surface area contributed by atoms with Crippen LogP contribution >= 0.6 is 0 Å². The van der Waals surface area contributed by atoms with Crippen molar-refractivity contribution in [3.63, 3.8) is 0 Å². The Balaban J connectivity index is 1.87. The van der Waals surface area contributed by atoms with Gasteiger partial charge in [0.15, 0.2) is 5.96 Å². The molecule has 1 heterocycles. The van der Waals surface area contributed by atoms with Crippen molar-refractivity contribution in [1.82, 2.24) is 15.8 Å². The summed E-state index contributed by atoms with van der Waals surface area (Å²) in [5.41, 5.74) is 3.34. The highest BCUT2D eigenvalue weighted by Crippen LogP contribution is 2.15. The molecule has 0 aliphatic carbocycles. The normalized spacial score (nSPS) is 11.0. The van der Waals surface area contributed by atoms with Gasteiger partial charge in [0.25, 0.3) is 0 Å². The molecule has 0 aliphatic rings. The van der Waals surface area contributed by atoms with Crippen molar-refractivity contribution < 1.29 is 9.32 Å². The molecule has 0 spiro atoms. The fourth-order valence-electron chi connectivity index (χ4n) is 2.59. The molecule has 0 bridgehead atoms. The van der Waals surface area contributed by atoms with E-state index in [4.69, 9.17) is 10.9 Å². The Bertz CT molecular complexity index is 827. The van der Waals surface area contributed by atoms with Crippen molar-refractivity contribution in [3.05, 3.63) is 46.8 Å². The second-order valence-electron chi connectivity index (χ2n) is 5.79. The molecule has 27 heavy (non-hydrogen) atoms. The van der Waals surface area contributed by atoms with Gasteiger partial charge in [-0.2, -0.15) is 0 Å². The molecular formula is C20H25N5O2. The van der Waals surface area contributed by atoms with Crippen molar-refractivity contribution >= 4 is 17.6 Å².